The molecule has 27 heavy (non-hydrogen) atoms. The number of fused-ring (bicyclic) bond motifs is 1. The van der Waals surface area contributed by atoms with Gasteiger partial charge in [-0.25, -0.2) is 13.4 Å². The zero-order chi connectivity index (χ0) is 19.7. The summed E-state index contributed by atoms with van der Waals surface area (Å²) in [6, 6.07) is 7.74. The molecule has 2 N–H and O–H groups in total. The second-order valence-electron chi connectivity index (χ2n) is 6.45. The van der Waals surface area contributed by atoms with Crippen molar-refractivity contribution < 1.29 is 8.42 Å². The van der Waals surface area contributed by atoms with Gasteiger partial charge < -0.3 is 4.98 Å². The Kier molecular flexibility index (Phi) is 7.55. The number of hydrogen-bond acceptors (Lipinski definition) is 4. The Labute approximate surface area is 160 Å². The predicted molar refractivity (Wildman–Crippen MR) is 110 cm³/mol. The lowest BCUT2D eigenvalue weighted by Gasteiger charge is -2.16. The van der Waals surface area contributed by atoms with E-state index in [0.717, 1.165) is 35.0 Å². The first-order chi connectivity index (χ1) is 12.9. The fourth-order valence-electron chi connectivity index (χ4n) is 2.67. The van der Waals surface area contributed by atoms with Crippen molar-refractivity contribution >= 4 is 20.9 Å². The average Bonchev–Trinajstić information content (AvgIpc) is 3.32. The lowest BCUT2D eigenvalue weighted by molar-refractivity contribution is 0.603. The van der Waals surface area contributed by atoms with Gasteiger partial charge in [0.25, 0.3) is 0 Å². The van der Waals surface area contributed by atoms with Crippen LogP contribution < -0.4 is 0 Å². The number of nitrogens with zero attached hydrogens (tertiary/aromatic N) is 2. The van der Waals surface area contributed by atoms with Crippen LogP contribution >= 0.6 is 0 Å². The van der Waals surface area contributed by atoms with Crippen LogP contribution in [0.3, 0.4) is 0 Å². The Morgan fingerprint density at radius 1 is 1.15 bits per heavy atom. The second-order valence-corrected chi connectivity index (χ2v) is 8.59. The molecule has 0 aliphatic heterocycles. The predicted octanol–water partition coefficient (Wildman–Crippen LogP) is 4.06. The summed E-state index contributed by atoms with van der Waals surface area (Å²) in [5, 5.41) is 7.63. The molecule has 1 aliphatic rings. The molecule has 1 aliphatic carbocycles. The summed E-state index contributed by atoms with van der Waals surface area (Å²) in [5.41, 5.74) is 4.23. The molecule has 0 unspecified atom stereocenters. The SMILES string of the molecule is CC1=CCCC(C)=C1CS(C)(=O)=O.c1cc[nH]c1.c1cnc2[nH]ncc2c1. The molecular formula is C20H26N4O2S. The fourth-order valence-corrected chi connectivity index (χ4v) is 3.67. The zero-order valence-electron chi connectivity index (χ0n) is 15.9. The number of rotatable bonds is 2. The summed E-state index contributed by atoms with van der Waals surface area (Å²) in [7, 11) is -2.89. The highest BCUT2D eigenvalue weighted by Gasteiger charge is 2.14. The third-order valence-corrected chi connectivity index (χ3v) is 4.89. The smallest absolute Gasteiger partial charge is 0.155 e. The minimum Gasteiger partial charge on any atom is -0.368 e. The van der Waals surface area contributed by atoms with E-state index < -0.39 is 9.84 Å². The van der Waals surface area contributed by atoms with Crippen LogP contribution in [0.15, 0.2) is 71.8 Å². The van der Waals surface area contributed by atoms with Crippen molar-refractivity contribution in [1.82, 2.24) is 20.2 Å². The van der Waals surface area contributed by atoms with E-state index in [1.807, 2.05) is 50.5 Å². The van der Waals surface area contributed by atoms with Gasteiger partial charge >= 0.3 is 0 Å². The van der Waals surface area contributed by atoms with Crippen LogP contribution in [0.1, 0.15) is 26.7 Å². The van der Waals surface area contributed by atoms with Gasteiger partial charge in [-0.1, -0.05) is 17.2 Å². The third-order valence-electron chi connectivity index (χ3n) is 4.08. The van der Waals surface area contributed by atoms with Crippen LogP contribution in [0.2, 0.25) is 0 Å². The lowest BCUT2D eigenvalue weighted by Crippen LogP contribution is -2.10. The van der Waals surface area contributed by atoms with E-state index in [-0.39, 0.29) is 5.75 Å². The van der Waals surface area contributed by atoms with Gasteiger partial charge in [0.2, 0.25) is 0 Å². The normalized spacial score (nSPS) is 14.0. The maximum absolute atomic E-state index is 11.1. The first-order valence-electron chi connectivity index (χ1n) is 8.72. The van der Waals surface area contributed by atoms with E-state index in [9.17, 15) is 8.42 Å². The molecule has 0 spiro atoms. The largest absolute Gasteiger partial charge is 0.368 e. The number of nitrogens with one attached hydrogen (secondary N) is 2. The molecule has 0 saturated heterocycles. The van der Waals surface area contributed by atoms with Gasteiger partial charge in [0.05, 0.1) is 11.9 Å². The maximum Gasteiger partial charge on any atom is 0.155 e. The zero-order valence-corrected chi connectivity index (χ0v) is 16.8. The molecular weight excluding hydrogens is 360 g/mol. The first-order valence-corrected chi connectivity index (χ1v) is 10.8. The molecule has 144 valence electrons. The van der Waals surface area contributed by atoms with Gasteiger partial charge in [-0.3, -0.25) is 5.10 Å². The van der Waals surface area contributed by atoms with E-state index >= 15 is 0 Å². The van der Waals surface area contributed by atoms with Crippen LogP contribution in [0.5, 0.6) is 0 Å². The maximum atomic E-state index is 11.1. The number of pyridine rings is 1. The van der Waals surface area contributed by atoms with E-state index in [2.05, 4.69) is 26.2 Å². The Balaban J connectivity index is 0.000000160. The molecule has 6 nitrogen and oxygen atoms in total. The number of aromatic nitrogens is 4. The van der Waals surface area contributed by atoms with Crippen molar-refractivity contribution in [1.29, 1.82) is 0 Å². The average molecular weight is 387 g/mol. The summed E-state index contributed by atoms with van der Waals surface area (Å²) in [4.78, 5) is 6.88. The van der Waals surface area contributed by atoms with Crippen LogP contribution in [0, 0.1) is 0 Å². The number of hydrogen-bond donors (Lipinski definition) is 2. The topological polar surface area (TPSA) is 91.5 Å². The molecule has 7 heteroatoms. The van der Waals surface area contributed by atoms with Gasteiger partial charge in [-0.05, 0) is 56.5 Å². The quantitative estimate of drug-likeness (QED) is 0.695. The number of H-pyrrole nitrogens is 2. The highest BCUT2D eigenvalue weighted by Crippen LogP contribution is 2.25. The molecule has 0 radical (unpaired) electrons. The summed E-state index contributed by atoms with van der Waals surface area (Å²) in [6.45, 7) is 4.01. The first kappa shape index (κ1) is 20.6. The van der Waals surface area contributed by atoms with Crippen molar-refractivity contribution in [2.75, 3.05) is 12.0 Å². The number of allylic oxidation sites excluding steroid dienone is 3. The Hall–Kier alpha value is -2.67. The van der Waals surface area contributed by atoms with Gasteiger partial charge in [-0.15, -0.1) is 0 Å². The number of sulfone groups is 1. The molecule has 0 fully saturated rings. The molecule has 0 bridgehead atoms. The molecule has 0 saturated carbocycles. The standard InChI is InChI=1S/C10H16O2S.C6H5N3.C4H5N/c1-8-5-4-6-9(2)10(8)7-13(3,11)12;1-2-5-4-8-9-6(5)7-3-1;1-2-4-5-3-1/h5H,4,6-7H2,1-3H3;1-4H,(H,7,8,9);1-5H. The van der Waals surface area contributed by atoms with Crippen LogP contribution in [0.4, 0.5) is 0 Å². The summed E-state index contributed by atoms with van der Waals surface area (Å²) < 4.78 is 22.3. The summed E-state index contributed by atoms with van der Waals surface area (Å²) in [6.07, 6.45) is 12.7. The monoisotopic (exact) mass is 386 g/mol. The molecule has 0 aromatic carbocycles. The van der Waals surface area contributed by atoms with E-state index in [1.54, 1.807) is 12.4 Å². The van der Waals surface area contributed by atoms with Crippen molar-refractivity contribution in [3.8, 4) is 0 Å². The molecule has 4 rings (SSSR count). The van der Waals surface area contributed by atoms with Crippen LogP contribution in [-0.2, 0) is 9.84 Å². The second kappa shape index (κ2) is 9.87. The van der Waals surface area contributed by atoms with Crippen LogP contribution in [-0.4, -0.2) is 40.6 Å². The van der Waals surface area contributed by atoms with Crippen molar-refractivity contribution in [3.63, 3.8) is 0 Å². The summed E-state index contributed by atoms with van der Waals surface area (Å²) in [5.74, 6) is 0.196. The molecule has 3 aromatic rings. The van der Waals surface area contributed by atoms with E-state index in [0.29, 0.717) is 0 Å². The molecule has 3 heterocycles. The Morgan fingerprint density at radius 3 is 2.44 bits per heavy atom. The Bertz CT molecular complexity index is 952. The van der Waals surface area contributed by atoms with Crippen molar-refractivity contribution in [2.24, 2.45) is 0 Å². The minimum absolute atomic E-state index is 0.196. The third kappa shape index (κ3) is 7.22. The lowest BCUT2D eigenvalue weighted by atomic mass is 9.94. The van der Waals surface area contributed by atoms with Gasteiger partial charge in [0.15, 0.2) is 15.5 Å². The van der Waals surface area contributed by atoms with Crippen molar-refractivity contribution in [2.45, 2.75) is 26.7 Å². The highest BCUT2D eigenvalue weighted by atomic mass is 32.2. The molecule has 0 amide bonds. The fraction of sp³-hybridized carbons (Fsp3) is 0.300. The Morgan fingerprint density at radius 2 is 1.89 bits per heavy atom. The molecule has 3 aromatic heterocycles. The summed E-state index contributed by atoms with van der Waals surface area (Å²) >= 11 is 0. The number of aromatic amines is 2. The van der Waals surface area contributed by atoms with Gasteiger partial charge in [0.1, 0.15) is 0 Å². The minimum atomic E-state index is -2.89. The van der Waals surface area contributed by atoms with Gasteiger partial charge in [0, 0.05) is 30.2 Å². The molecule has 0 atom stereocenters. The highest BCUT2D eigenvalue weighted by molar-refractivity contribution is 7.90. The van der Waals surface area contributed by atoms with E-state index in [1.165, 1.54) is 11.8 Å². The van der Waals surface area contributed by atoms with E-state index in [4.69, 9.17) is 0 Å². The van der Waals surface area contributed by atoms with Crippen LogP contribution in [0.25, 0.3) is 11.0 Å². The van der Waals surface area contributed by atoms with Gasteiger partial charge in [-0.2, -0.15) is 5.10 Å². The van der Waals surface area contributed by atoms with Crippen molar-refractivity contribution in [3.05, 3.63) is 71.8 Å².